The van der Waals surface area contributed by atoms with Crippen molar-refractivity contribution in [1.29, 1.82) is 0 Å². The van der Waals surface area contributed by atoms with Crippen molar-refractivity contribution in [3.8, 4) is 11.1 Å². The SMILES string of the molecule is O=C(O)CN(CCO)C(=O)c1ccc(NC(=O)OCC2c3ccccc3-c3ccccc32)c(Cl)c1. The molecule has 1 aliphatic rings. The van der Waals surface area contributed by atoms with Gasteiger partial charge < -0.3 is 19.8 Å². The van der Waals surface area contributed by atoms with Crippen molar-refractivity contribution in [2.24, 2.45) is 0 Å². The molecule has 4 rings (SSSR count). The third kappa shape index (κ3) is 5.29. The van der Waals surface area contributed by atoms with E-state index in [2.05, 4.69) is 17.4 Å². The summed E-state index contributed by atoms with van der Waals surface area (Å²) < 4.78 is 5.51. The summed E-state index contributed by atoms with van der Waals surface area (Å²) in [5, 5.41) is 20.8. The van der Waals surface area contributed by atoms with Crippen LogP contribution >= 0.6 is 11.6 Å². The van der Waals surface area contributed by atoms with Crippen molar-refractivity contribution < 1.29 is 29.3 Å². The Morgan fingerprint density at radius 3 is 2.17 bits per heavy atom. The molecule has 0 aromatic heterocycles. The summed E-state index contributed by atoms with van der Waals surface area (Å²) in [6.45, 7) is -0.938. The van der Waals surface area contributed by atoms with Crippen molar-refractivity contribution in [1.82, 2.24) is 4.90 Å². The Balaban J connectivity index is 1.42. The molecule has 0 saturated carbocycles. The van der Waals surface area contributed by atoms with E-state index in [0.717, 1.165) is 27.2 Å². The van der Waals surface area contributed by atoms with E-state index in [1.165, 1.54) is 18.2 Å². The van der Waals surface area contributed by atoms with Gasteiger partial charge in [-0.3, -0.25) is 14.9 Å². The van der Waals surface area contributed by atoms with Gasteiger partial charge in [0.25, 0.3) is 5.91 Å². The molecule has 0 heterocycles. The number of aliphatic hydroxyl groups is 1. The summed E-state index contributed by atoms with van der Waals surface area (Å²) in [6.07, 6.45) is -0.694. The van der Waals surface area contributed by atoms with Gasteiger partial charge in [0.15, 0.2) is 0 Å². The first-order valence-corrected chi connectivity index (χ1v) is 11.3. The standard InChI is InChI=1S/C26H23ClN2O6/c27-22-13-16(25(33)29(11-12-30)14-24(31)32)9-10-23(22)28-26(34)35-15-21-19-7-3-1-5-17(19)18-6-2-4-8-20(18)21/h1-10,13,21,30H,11-12,14-15H2,(H,28,34)(H,31,32). The van der Waals surface area contributed by atoms with Crippen LogP contribution in [-0.4, -0.2) is 59.4 Å². The molecule has 3 aromatic carbocycles. The van der Waals surface area contributed by atoms with Gasteiger partial charge in [-0.15, -0.1) is 0 Å². The summed E-state index contributed by atoms with van der Waals surface area (Å²) in [4.78, 5) is 37.1. The first-order chi connectivity index (χ1) is 16.9. The number of hydrogen-bond donors (Lipinski definition) is 3. The quantitative estimate of drug-likeness (QED) is 0.432. The molecule has 8 nitrogen and oxygen atoms in total. The number of fused-ring (bicyclic) bond motifs is 3. The molecule has 9 heteroatoms. The van der Waals surface area contributed by atoms with Gasteiger partial charge in [0.05, 0.1) is 17.3 Å². The first-order valence-electron chi connectivity index (χ1n) is 10.9. The molecule has 0 unspecified atom stereocenters. The Labute approximate surface area is 206 Å². The summed E-state index contributed by atoms with van der Waals surface area (Å²) >= 11 is 6.26. The third-order valence-electron chi connectivity index (χ3n) is 5.78. The van der Waals surface area contributed by atoms with Crippen LogP contribution < -0.4 is 5.32 Å². The number of aliphatic hydroxyl groups excluding tert-OH is 1. The lowest BCUT2D eigenvalue weighted by atomic mass is 9.98. The molecular formula is C26H23ClN2O6. The average molecular weight is 495 g/mol. The second-order valence-electron chi connectivity index (χ2n) is 7.99. The Hall–Kier alpha value is -3.88. The molecule has 0 atom stereocenters. The third-order valence-corrected chi connectivity index (χ3v) is 6.09. The lowest BCUT2D eigenvalue weighted by Crippen LogP contribution is -2.37. The number of amides is 2. The minimum atomic E-state index is -1.20. The average Bonchev–Trinajstić information content (AvgIpc) is 3.17. The minimum Gasteiger partial charge on any atom is -0.480 e. The number of nitrogens with zero attached hydrogens (tertiary/aromatic N) is 1. The lowest BCUT2D eigenvalue weighted by Gasteiger charge is -2.20. The van der Waals surface area contributed by atoms with Crippen molar-refractivity contribution in [3.05, 3.63) is 88.4 Å². The predicted molar refractivity (Wildman–Crippen MR) is 131 cm³/mol. The Bertz CT molecular complexity index is 1230. The van der Waals surface area contributed by atoms with Crippen LogP contribution in [0.5, 0.6) is 0 Å². The molecule has 0 bridgehead atoms. The van der Waals surface area contributed by atoms with Gasteiger partial charge in [0.2, 0.25) is 0 Å². The van der Waals surface area contributed by atoms with Gasteiger partial charge in [-0.1, -0.05) is 60.1 Å². The number of anilines is 1. The van der Waals surface area contributed by atoms with Gasteiger partial charge in [-0.2, -0.15) is 0 Å². The molecule has 2 amide bonds. The highest BCUT2D eigenvalue weighted by molar-refractivity contribution is 6.34. The Morgan fingerprint density at radius 1 is 0.971 bits per heavy atom. The molecule has 180 valence electrons. The molecule has 0 radical (unpaired) electrons. The lowest BCUT2D eigenvalue weighted by molar-refractivity contribution is -0.137. The number of halogens is 1. The van der Waals surface area contributed by atoms with Crippen LogP contribution in [0.25, 0.3) is 11.1 Å². The van der Waals surface area contributed by atoms with Crippen LogP contribution in [0.4, 0.5) is 10.5 Å². The van der Waals surface area contributed by atoms with Crippen LogP contribution in [0, 0.1) is 0 Å². The van der Waals surface area contributed by atoms with Gasteiger partial charge in [0.1, 0.15) is 13.2 Å². The monoisotopic (exact) mass is 494 g/mol. The smallest absolute Gasteiger partial charge is 0.411 e. The normalized spacial score (nSPS) is 11.9. The maximum absolute atomic E-state index is 12.6. The first kappa shape index (κ1) is 24.3. The van der Waals surface area contributed by atoms with E-state index in [0.29, 0.717) is 0 Å². The second kappa shape index (κ2) is 10.6. The molecule has 1 aliphatic carbocycles. The molecule has 0 saturated heterocycles. The second-order valence-corrected chi connectivity index (χ2v) is 8.40. The maximum Gasteiger partial charge on any atom is 0.411 e. The minimum absolute atomic E-state index is 0.0867. The summed E-state index contributed by atoms with van der Waals surface area (Å²) in [6, 6.07) is 20.2. The zero-order chi connectivity index (χ0) is 24.9. The number of aliphatic carboxylic acids is 1. The van der Waals surface area contributed by atoms with E-state index in [9.17, 15) is 14.4 Å². The Kier molecular flexibility index (Phi) is 7.33. The number of carboxylic acid groups (broad SMARTS) is 1. The van der Waals surface area contributed by atoms with E-state index < -0.39 is 24.5 Å². The number of carbonyl (C=O) groups is 3. The summed E-state index contributed by atoms with van der Waals surface area (Å²) in [7, 11) is 0. The number of carboxylic acids is 1. The molecule has 3 aromatic rings. The highest BCUT2D eigenvalue weighted by atomic mass is 35.5. The van der Waals surface area contributed by atoms with Crippen molar-refractivity contribution >= 4 is 35.3 Å². The molecule has 0 spiro atoms. The number of benzene rings is 3. The summed E-state index contributed by atoms with van der Waals surface area (Å²) in [5.41, 5.74) is 4.81. The highest BCUT2D eigenvalue weighted by Crippen LogP contribution is 2.44. The number of ether oxygens (including phenoxy) is 1. The maximum atomic E-state index is 12.6. The molecule has 35 heavy (non-hydrogen) atoms. The predicted octanol–water partition coefficient (Wildman–Crippen LogP) is 4.22. The fourth-order valence-corrected chi connectivity index (χ4v) is 4.44. The van der Waals surface area contributed by atoms with Crippen LogP contribution in [0.3, 0.4) is 0 Å². The van der Waals surface area contributed by atoms with Crippen molar-refractivity contribution in [2.75, 3.05) is 31.6 Å². The van der Waals surface area contributed by atoms with Gasteiger partial charge in [-0.05, 0) is 40.5 Å². The van der Waals surface area contributed by atoms with Gasteiger partial charge in [-0.25, -0.2) is 4.79 Å². The zero-order valence-corrected chi connectivity index (χ0v) is 19.4. The largest absolute Gasteiger partial charge is 0.480 e. The van der Waals surface area contributed by atoms with E-state index in [4.69, 9.17) is 26.6 Å². The molecule has 3 N–H and O–H groups in total. The van der Waals surface area contributed by atoms with Crippen LogP contribution in [0.2, 0.25) is 5.02 Å². The summed E-state index contributed by atoms with van der Waals surface area (Å²) in [5.74, 6) is -1.89. The van der Waals surface area contributed by atoms with Crippen LogP contribution in [0.15, 0.2) is 66.7 Å². The zero-order valence-electron chi connectivity index (χ0n) is 18.6. The van der Waals surface area contributed by atoms with Gasteiger partial charge >= 0.3 is 12.1 Å². The van der Waals surface area contributed by atoms with E-state index in [-0.39, 0.29) is 41.9 Å². The van der Waals surface area contributed by atoms with Crippen molar-refractivity contribution in [2.45, 2.75) is 5.92 Å². The topological polar surface area (TPSA) is 116 Å². The number of rotatable bonds is 8. The number of carbonyl (C=O) groups excluding carboxylic acids is 2. The highest BCUT2D eigenvalue weighted by Gasteiger charge is 2.29. The van der Waals surface area contributed by atoms with E-state index in [1.807, 2.05) is 36.4 Å². The van der Waals surface area contributed by atoms with Crippen molar-refractivity contribution in [3.63, 3.8) is 0 Å². The number of nitrogens with one attached hydrogen (secondary N) is 1. The fourth-order valence-electron chi connectivity index (χ4n) is 4.21. The molecule has 0 fully saturated rings. The Morgan fingerprint density at radius 2 is 1.60 bits per heavy atom. The van der Waals surface area contributed by atoms with Crippen LogP contribution in [0.1, 0.15) is 27.4 Å². The molecular weight excluding hydrogens is 472 g/mol. The van der Waals surface area contributed by atoms with Gasteiger partial charge in [0, 0.05) is 18.0 Å². The van der Waals surface area contributed by atoms with E-state index >= 15 is 0 Å². The fraction of sp³-hybridized carbons (Fsp3) is 0.192. The number of hydrogen-bond acceptors (Lipinski definition) is 5. The van der Waals surface area contributed by atoms with Crippen LogP contribution in [-0.2, 0) is 9.53 Å². The molecule has 0 aliphatic heterocycles. The van der Waals surface area contributed by atoms with E-state index in [1.54, 1.807) is 0 Å².